The van der Waals surface area contributed by atoms with Crippen molar-refractivity contribution >= 4 is 12.0 Å². The number of benzene rings is 1. The number of hydrogen-bond donors (Lipinski definition) is 2. The second-order valence-electron chi connectivity index (χ2n) is 5.66. The van der Waals surface area contributed by atoms with E-state index in [9.17, 15) is 14.7 Å². The van der Waals surface area contributed by atoms with Crippen LogP contribution in [0.4, 0.5) is 4.79 Å². The number of carbonyl (C=O) groups excluding carboxylic acids is 1. The Balaban J connectivity index is 2.07. The van der Waals surface area contributed by atoms with Gasteiger partial charge in [0, 0.05) is 6.54 Å². The molecule has 1 fully saturated rings. The minimum absolute atomic E-state index is 0.386. The highest BCUT2D eigenvalue weighted by Gasteiger charge is 2.32. The van der Waals surface area contributed by atoms with Gasteiger partial charge in [-0.1, -0.05) is 30.3 Å². The van der Waals surface area contributed by atoms with Crippen LogP contribution < -0.4 is 5.32 Å². The van der Waals surface area contributed by atoms with Gasteiger partial charge < -0.3 is 20.1 Å². The molecule has 1 aromatic rings. The number of nitrogens with one attached hydrogen (secondary N) is 1. The molecule has 0 aliphatic carbocycles. The highest BCUT2D eigenvalue weighted by atomic mass is 16.5. The third kappa shape index (κ3) is 3.95. The minimum atomic E-state index is -1.08. The number of carbonyl (C=O) groups is 2. The van der Waals surface area contributed by atoms with E-state index in [2.05, 4.69) is 5.32 Å². The van der Waals surface area contributed by atoms with Crippen molar-refractivity contribution in [1.29, 1.82) is 0 Å². The summed E-state index contributed by atoms with van der Waals surface area (Å²) in [6.45, 7) is 5.14. The van der Waals surface area contributed by atoms with E-state index in [4.69, 9.17) is 4.74 Å². The highest BCUT2D eigenvalue weighted by Crippen LogP contribution is 2.18. The van der Waals surface area contributed by atoms with E-state index in [1.165, 1.54) is 0 Å². The fraction of sp³-hybridized carbons (Fsp3) is 0.467. The molecule has 2 amide bonds. The maximum absolute atomic E-state index is 12.3. The first-order chi connectivity index (χ1) is 9.89. The summed E-state index contributed by atoms with van der Waals surface area (Å²) in [6.07, 6.45) is 0. The Morgan fingerprint density at radius 1 is 1.33 bits per heavy atom. The molecule has 6 nitrogen and oxygen atoms in total. The van der Waals surface area contributed by atoms with Crippen LogP contribution in [0.3, 0.4) is 0 Å². The van der Waals surface area contributed by atoms with E-state index in [0.29, 0.717) is 25.3 Å². The summed E-state index contributed by atoms with van der Waals surface area (Å²) in [7, 11) is 0. The van der Waals surface area contributed by atoms with Crippen molar-refractivity contribution in [2.75, 3.05) is 19.7 Å². The molecule has 6 heteroatoms. The number of aliphatic carboxylic acids is 1. The lowest BCUT2D eigenvalue weighted by Gasteiger charge is -2.38. The average molecular weight is 292 g/mol. The zero-order chi connectivity index (χ0) is 15.5. The van der Waals surface area contributed by atoms with Gasteiger partial charge in [0.1, 0.15) is 0 Å². The first-order valence-corrected chi connectivity index (χ1v) is 6.86. The summed E-state index contributed by atoms with van der Waals surface area (Å²) in [6, 6.07) is 7.22. The molecule has 0 aromatic heterocycles. The quantitative estimate of drug-likeness (QED) is 0.887. The van der Waals surface area contributed by atoms with Crippen LogP contribution in [0.1, 0.15) is 25.5 Å². The van der Waals surface area contributed by atoms with Crippen LogP contribution in [0, 0.1) is 0 Å². The molecule has 1 unspecified atom stereocenters. The summed E-state index contributed by atoms with van der Waals surface area (Å²) < 4.78 is 5.54. The van der Waals surface area contributed by atoms with Gasteiger partial charge in [-0.05, 0) is 19.4 Å². The van der Waals surface area contributed by atoms with Crippen molar-refractivity contribution in [3.05, 3.63) is 35.9 Å². The number of morpholine rings is 1. The molecule has 2 rings (SSSR count). The largest absolute Gasteiger partial charge is 0.479 e. The maximum atomic E-state index is 12.3. The van der Waals surface area contributed by atoms with Crippen molar-refractivity contribution < 1.29 is 19.4 Å². The molecular formula is C15H20N2O4. The first kappa shape index (κ1) is 15.3. The van der Waals surface area contributed by atoms with Gasteiger partial charge in [0.25, 0.3) is 0 Å². The molecule has 21 heavy (non-hydrogen) atoms. The lowest BCUT2D eigenvalue weighted by Crippen LogP contribution is -2.54. The Morgan fingerprint density at radius 3 is 2.57 bits per heavy atom. The predicted octanol–water partition coefficient (Wildman–Crippen LogP) is 1.63. The molecule has 1 aliphatic rings. The number of nitrogens with zero attached hydrogens (tertiary/aromatic N) is 1. The maximum Gasteiger partial charge on any atom is 0.330 e. The molecule has 0 spiro atoms. The van der Waals surface area contributed by atoms with Gasteiger partial charge in [0.15, 0.2) is 6.04 Å². The van der Waals surface area contributed by atoms with Crippen molar-refractivity contribution in [3.63, 3.8) is 0 Å². The summed E-state index contributed by atoms with van der Waals surface area (Å²) in [5, 5.41) is 11.9. The smallest absolute Gasteiger partial charge is 0.330 e. The molecule has 0 bridgehead atoms. The zero-order valence-electron chi connectivity index (χ0n) is 12.2. The number of carboxylic acid groups (broad SMARTS) is 1. The van der Waals surface area contributed by atoms with Crippen LogP contribution in [0.5, 0.6) is 0 Å². The number of carboxylic acids is 1. The summed E-state index contributed by atoms with van der Waals surface area (Å²) in [4.78, 5) is 25.2. The second kappa shape index (κ2) is 6.13. The van der Waals surface area contributed by atoms with Crippen molar-refractivity contribution in [1.82, 2.24) is 10.2 Å². The molecule has 114 valence electrons. The minimum Gasteiger partial charge on any atom is -0.479 e. The van der Waals surface area contributed by atoms with Gasteiger partial charge in [-0.15, -0.1) is 0 Å². The Kier molecular flexibility index (Phi) is 4.47. The average Bonchev–Trinajstić information content (AvgIpc) is 2.44. The molecule has 1 heterocycles. The van der Waals surface area contributed by atoms with Crippen LogP contribution in [0.2, 0.25) is 0 Å². The van der Waals surface area contributed by atoms with Crippen LogP contribution in [0.25, 0.3) is 0 Å². The Bertz CT molecular complexity index is 516. The van der Waals surface area contributed by atoms with Crippen LogP contribution in [-0.4, -0.2) is 47.3 Å². The fourth-order valence-electron chi connectivity index (χ4n) is 2.34. The second-order valence-corrected chi connectivity index (χ2v) is 5.66. The summed E-state index contributed by atoms with van der Waals surface area (Å²) >= 11 is 0. The van der Waals surface area contributed by atoms with Crippen LogP contribution in [0.15, 0.2) is 30.3 Å². The van der Waals surface area contributed by atoms with E-state index in [0.717, 1.165) is 0 Å². The van der Waals surface area contributed by atoms with Gasteiger partial charge in [0.2, 0.25) is 0 Å². The fourth-order valence-corrected chi connectivity index (χ4v) is 2.34. The van der Waals surface area contributed by atoms with Crippen molar-refractivity contribution in [3.8, 4) is 0 Å². The number of ether oxygens (including phenoxy) is 1. The Labute approximate surface area is 123 Å². The third-order valence-electron chi connectivity index (χ3n) is 3.36. The van der Waals surface area contributed by atoms with Crippen LogP contribution in [-0.2, 0) is 9.53 Å². The molecule has 1 saturated heterocycles. The molecule has 1 aliphatic heterocycles. The normalized spacial score (nSPS) is 18.9. The van der Waals surface area contributed by atoms with Gasteiger partial charge in [-0.3, -0.25) is 0 Å². The summed E-state index contributed by atoms with van der Waals surface area (Å²) in [5.74, 6) is -1.08. The number of rotatable bonds is 3. The van der Waals surface area contributed by atoms with Crippen LogP contribution >= 0.6 is 0 Å². The highest BCUT2D eigenvalue weighted by molar-refractivity contribution is 5.83. The molecule has 0 saturated carbocycles. The van der Waals surface area contributed by atoms with E-state index >= 15 is 0 Å². The Hall–Kier alpha value is -2.08. The lowest BCUT2D eigenvalue weighted by atomic mass is 10.1. The number of hydrogen-bond acceptors (Lipinski definition) is 3. The van der Waals surface area contributed by atoms with Gasteiger partial charge in [-0.2, -0.15) is 0 Å². The number of amides is 2. The monoisotopic (exact) mass is 292 g/mol. The van der Waals surface area contributed by atoms with Crippen molar-refractivity contribution in [2.45, 2.75) is 25.5 Å². The Morgan fingerprint density at radius 2 is 2.00 bits per heavy atom. The third-order valence-corrected chi connectivity index (χ3v) is 3.36. The van der Waals surface area contributed by atoms with Gasteiger partial charge >= 0.3 is 12.0 Å². The summed E-state index contributed by atoms with van der Waals surface area (Å²) in [5.41, 5.74) is 0.131. The van der Waals surface area contributed by atoms with E-state index in [-0.39, 0.29) is 6.03 Å². The molecular weight excluding hydrogens is 272 g/mol. The predicted molar refractivity (Wildman–Crippen MR) is 77.0 cm³/mol. The lowest BCUT2D eigenvalue weighted by molar-refractivity contribution is -0.139. The van der Waals surface area contributed by atoms with E-state index < -0.39 is 17.6 Å². The SMILES string of the molecule is CC1(C)CN(C(=O)NC(C(=O)O)c2ccccc2)CCO1. The number of urea groups is 1. The molecule has 2 N–H and O–H groups in total. The van der Waals surface area contributed by atoms with Gasteiger partial charge in [-0.25, -0.2) is 9.59 Å². The molecule has 1 atom stereocenters. The zero-order valence-corrected chi connectivity index (χ0v) is 12.2. The molecule has 0 radical (unpaired) electrons. The first-order valence-electron chi connectivity index (χ1n) is 6.86. The van der Waals surface area contributed by atoms with Crippen molar-refractivity contribution in [2.24, 2.45) is 0 Å². The van der Waals surface area contributed by atoms with E-state index in [1.807, 2.05) is 13.8 Å². The standard InChI is InChI=1S/C15H20N2O4/c1-15(2)10-17(8-9-21-15)14(20)16-12(13(18)19)11-6-4-3-5-7-11/h3-7,12H,8-10H2,1-2H3,(H,16,20)(H,18,19). The van der Waals surface area contributed by atoms with Gasteiger partial charge in [0.05, 0.1) is 18.8 Å². The van der Waals surface area contributed by atoms with E-state index in [1.54, 1.807) is 35.2 Å². The molecule has 1 aromatic carbocycles. The topological polar surface area (TPSA) is 78.9 Å².